The number of fused-ring (bicyclic) bond motifs is 1. The monoisotopic (exact) mass is 300 g/mol. The lowest BCUT2D eigenvalue weighted by Crippen LogP contribution is -2.41. The highest BCUT2D eigenvalue weighted by molar-refractivity contribution is 6.10. The van der Waals surface area contributed by atoms with Crippen LogP contribution < -0.4 is 11.1 Å². The zero-order valence-electron chi connectivity index (χ0n) is 14.2. The first-order valence-corrected chi connectivity index (χ1v) is 8.22. The third-order valence-electron chi connectivity index (χ3n) is 4.71. The summed E-state index contributed by atoms with van der Waals surface area (Å²) >= 11 is 0. The summed E-state index contributed by atoms with van der Waals surface area (Å²) < 4.78 is 0. The van der Waals surface area contributed by atoms with Crippen molar-refractivity contribution >= 4 is 17.6 Å². The number of hydrogen-bond donors (Lipinski definition) is 2. The number of pyridine rings is 1. The molecule has 1 aromatic heterocycles. The Morgan fingerprint density at radius 3 is 2.86 bits per heavy atom. The van der Waals surface area contributed by atoms with Crippen LogP contribution in [0.2, 0.25) is 0 Å². The highest BCUT2D eigenvalue weighted by Crippen LogP contribution is 2.36. The molecular formula is C18H28N4. The van der Waals surface area contributed by atoms with Crippen LogP contribution in [0.1, 0.15) is 56.4 Å². The van der Waals surface area contributed by atoms with Crippen molar-refractivity contribution in [1.82, 2.24) is 4.98 Å². The second-order valence-corrected chi connectivity index (χ2v) is 6.15. The van der Waals surface area contributed by atoms with Gasteiger partial charge in [0.15, 0.2) is 0 Å². The lowest BCUT2D eigenvalue weighted by Gasteiger charge is -2.39. The molecule has 4 nitrogen and oxygen atoms in total. The van der Waals surface area contributed by atoms with Gasteiger partial charge in [0.05, 0.1) is 0 Å². The first-order valence-electron chi connectivity index (χ1n) is 8.22. The Kier molecular flexibility index (Phi) is 5.22. The van der Waals surface area contributed by atoms with Crippen LogP contribution in [0.5, 0.6) is 0 Å². The van der Waals surface area contributed by atoms with Crippen molar-refractivity contribution in [3.05, 3.63) is 29.1 Å². The molecule has 120 valence electrons. The largest absolute Gasteiger partial charge is 0.404 e. The van der Waals surface area contributed by atoms with E-state index in [-0.39, 0.29) is 5.54 Å². The third kappa shape index (κ3) is 3.16. The second-order valence-electron chi connectivity index (χ2n) is 6.15. The highest BCUT2D eigenvalue weighted by Gasteiger charge is 2.32. The van der Waals surface area contributed by atoms with Gasteiger partial charge in [-0.2, -0.15) is 0 Å². The Morgan fingerprint density at radius 1 is 1.50 bits per heavy atom. The number of rotatable bonds is 5. The van der Waals surface area contributed by atoms with Crippen molar-refractivity contribution in [2.75, 3.05) is 12.4 Å². The van der Waals surface area contributed by atoms with Crippen molar-refractivity contribution in [2.24, 2.45) is 10.7 Å². The number of allylic oxidation sites excluding steroid dienone is 1. The van der Waals surface area contributed by atoms with E-state index in [9.17, 15) is 0 Å². The predicted molar refractivity (Wildman–Crippen MR) is 95.4 cm³/mol. The summed E-state index contributed by atoms with van der Waals surface area (Å²) in [7, 11) is 1.76. The van der Waals surface area contributed by atoms with Gasteiger partial charge in [0, 0.05) is 41.8 Å². The third-order valence-corrected chi connectivity index (χ3v) is 4.71. The molecule has 2 rings (SSSR count). The van der Waals surface area contributed by atoms with Crippen LogP contribution in [0.15, 0.2) is 17.3 Å². The van der Waals surface area contributed by atoms with Gasteiger partial charge in [-0.25, -0.2) is 4.98 Å². The number of aromatic nitrogens is 1. The average Bonchev–Trinajstić information content (AvgIpc) is 2.52. The minimum Gasteiger partial charge on any atom is -0.404 e. The Bertz CT molecular complexity index is 589. The van der Waals surface area contributed by atoms with E-state index in [0.29, 0.717) is 0 Å². The van der Waals surface area contributed by atoms with Gasteiger partial charge in [-0.1, -0.05) is 20.3 Å². The Hall–Kier alpha value is -1.84. The summed E-state index contributed by atoms with van der Waals surface area (Å²) in [6.45, 7) is 6.55. The quantitative estimate of drug-likeness (QED) is 0.815. The molecule has 0 aliphatic carbocycles. The predicted octanol–water partition coefficient (Wildman–Crippen LogP) is 3.70. The van der Waals surface area contributed by atoms with Gasteiger partial charge < -0.3 is 11.1 Å². The summed E-state index contributed by atoms with van der Waals surface area (Å²) in [5, 5.41) is 3.72. The van der Waals surface area contributed by atoms with E-state index in [1.165, 1.54) is 18.4 Å². The van der Waals surface area contributed by atoms with Gasteiger partial charge in [0.1, 0.15) is 5.82 Å². The number of nitrogens with two attached hydrogens (primary N) is 1. The van der Waals surface area contributed by atoms with Gasteiger partial charge >= 0.3 is 0 Å². The zero-order chi connectivity index (χ0) is 16.2. The maximum absolute atomic E-state index is 5.74. The first kappa shape index (κ1) is 16.5. The number of anilines is 1. The number of aryl methyl sites for hydroxylation is 2. The lowest BCUT2D eigenvalue weighted by atomic mass is 9.81. The van der Waals surface area contributed by atoms with Crippen LogP contribution in [-0.4, -0.2) is 23.8 Å². The summed E-state index contributed by atoms with van der Waals surface area (Å²) in [6, 6.07) is 2.22. The maximum atomic E-state index is 5.74. The minimum atomic E-state index is 0.208. The molecule has 2 heterocycles. The summed E-state index contributed by atoms with van der Waals surface area (Å²) in [5.41, 5.74) is 10.2. The molecule has 0 amide bonds. The van der Waals surface area contributed by atoms with Crippen LogP contribution in [0.25, 0.3) is 5.57 Å². The number of nitrogens with one attached hydrogen (secondary N) is 1. The van der Waals surface area contributed by atoms with E-state index >= 15 is 0 Å². The molecule has 0 saturated carbocycles. The van der Waals surface area contributed by atoms with Crippen molar-refractivity contribution in [3.8, 4) is 0 Å². The van der Waals surface area contributed by atoms with Crippen LogP contribution in [0, 0.1) is 6.92 Å². The summed E-state index contributed by atoms with van der Waals surface area (Å²) in [4.78, 5) is 8.90. The molecule has 0 aromatic carbocycles. The standard InChI is InChI=1S/C18H28N4/c1-5-8-18(6-2)9-7-14-10-16(15(11-19)12-20-4)13(3)21-17(14)22-18/h10-12H,5-9,19H2,1-4H3,(H,21,22)/b15-11+,20-12?. The molecule has 1 atom stereocenters. The molecule has 1 aliphatic heterocycles. The first-order chi connectivity index (χ1) is 10.6. The number of aliphatic imine (C=N–C) groups is 1. The molecule has 0 fully saturated rings. The maximum Gasteiger partial charge on any atom is 0.129 e. The molecule has 4 heteroatoms. The SMILES string of the molecule is CCCC1(CC)CCc2cc(/C(C=NC)=C/N)c(C)nc2N1. The molecule has 0 saturated heterocycles. The normalized spacial score (nSPS) is 21.7. The minimum absolute atomic E-state index is 0.208. The lowest BCUT2D eigenvalue weighted by molar-refractivity contribution is 0.371. The van der Waals surface area contributed by atoms with Crippen LogP contribution in [0.3, 0.4) is 0 Å². The van der Waals surface area contributed by atoms with E-state index in [0.717, 1.165) is 41.9 Å². The molecule has 0 spiro atoms. The van der Waals surface area contributed by atoms with Gasteiger partial charge in [-0.3, -0.25) is 4.99 Å². The summed E-state index contributed by atoms with van der Waals surface area (Å²) in [6.07, 6.45) is 9.16. The number of hydrogen-bond acceptors (Lipinski definition) is 4. The molecule has 1 aliphatic rings. The van der Waals surface area contributed by atoms with Gasteiger partial charge in [-0.15, -0.1) is 0 Å². The van der Waals surface area contributed by atoms with Gasteiger partial charge in [0.25, 0.3) is 0 Å². The Labute approximate surface area is 133 Å². The van der Waals surface area contributed by atoms with E-state index in [1.54, 1.807) is 19.5 Å². The second kappa shape index (κ2) is 6.95. The molecule has 1 unspecified atom stereocenters. The fourth-order valence-corrected chi connectivity index (χ4v) is 3.37. The van der Waals surface area contributed by atoms with E-state index in [4.69, 9.17) is 10.7 Å². The smallest absolute Gasteiger partial charge is 0.129 e. The molecule has 0 bridgehead atoms. The molecule has 1 aromatic rings. The van der Waals surface area contributed by atoms with E-state index < -0.39 is 0 Å². The van der Waals surface area contributed by atoms with Crippen LogP contribution >= 0.6 is 0 Å². The van der Waals surface area contributed by atoms with Crippen molar-refractivity contribution in [1.29, 1.82) is 0 Å². The molecular weight excluding hydrogens is 272 g/mol. The van der Waals surface area contributed by atoms with Crippen molar-refractivity contribution in [2.45, 2.75) is 58.4 Å². The van der Waals surface area contributed by atoms with Crippen molar-refractivity contribution in [3.63, 3.8) is 0 Å². The van der Waals surface area contributed by atoms with Crippen LogP contribution in [0.4, 0.5) is 5.82 Å². The topological polar surface area (TPSA) is 63.3 Å². The van der Waals surface area contributed by atoms with E-state index in [1.807, 2.05) is 6.92 Å². The summed E-state index contributed by atoms with van der Waals surface area (Å²) in [5.74, 6) is 1.05. The van der Waals surface area contributed by atoms with Gasteiger partial charge in [0.2, 0.25) is 0 Å². The van der Waals surface area contributed by atoms with Gasteiger partial charge in [-0.05, 0) is 44.2 Å². The Morgan fingerprint density at radius 2 is 2.27 bits per heavy atom. The highest BCUT2D eigenvalue weighted by atomic mass is 15.1. The van der Waals surface area contributed by atoms with Crippen LogP contribution in [-0.2, 0) is 6.42 Å². The van der Waals surface area contributed by atoms with E-state index in [2.05, 4.69) is 30.2 Å². The Balaban J connectivity index is 2.39. The zero-order valence-corrected chi connectivity index (χ0v) is 14.2. The number of nitrogens with zero attached hydrogens (tertiary/aromatic N) is 2. The molecule has 22 heavy (non-hydrogen) atoms. The average molecular weight is 300 g/mol. The van der Waals surface area contributed by atoms with Crippen molar-refractivity contribution < 1.29 is 0 Å². The molecule has 0 radical (unpaired) electrons. The molecule has 3 N–H and O–H groups in total. The fourth-order valence-electron chi connectivity index (χ4n) is 3.37. The fraction of sp³-hybridized carbons (Fsp3) is 0.556.